The molecule has 2 heterocycles. The summed E-state index contributed by atoms with van der Waals surface area (Å²) < 4.78 is 75.6. The number of aryl methyl sites for hydroxylation is 1. The quantitative estimate of drug-likeness (QED) is 0.162. The molecule has 1 N–H and O–H groups in total. The molecule has 222 valence electrons. The normalized spacial score (nSPS) is 15.8. The van der Waals surface area contributed by atoms with Crippen LogP contribution in [0.2, 0.25) is 0 Å². The topological polar surface area (TPSA) is 135 Å². The largest absolute Gasteiger partial charge is 0.458 e. The number of fused-ring (bicyclic) bond motifs is 1. The molecular formula is C24H33F3N6O5S2. The highest BCUT2D eigenvalue weighted by Gasteiger charge is 2.36. The number of carbonyl (C=O) groups is 1. The molecule has 1 aromatic carbocycles. The minimum atomic E-state index is -4.93. The molecule has 40 heavy (non-hydrogen) atoms. The van der Waals surface area contributed by atoms with Crippen molar-refractivity contribution in [1.82, 2.24) is 10.2 Å². The lowest BCUT2D eigenvalue weighted by Crippen LogP contribution is -2.39. The van der Waals surface area contributed by atoms with Crippen molar-refractivity contribution in [3.63, 3.8) is 0 Å². The van der Waals surface area contributed by atoms with E-state index in [-0.39, 0.29) is 40.8 Å². The van der Waals surface area contributed by atoms with E-state index in [1.165, 1.54) is 13.2 Å². The third kappa shape index (κ3) is 9.09. The molecule has 2 aromatic rings. The van der Waals surface area contributed by atoms with E-state index in [9.17, 15) is 26.4 Å². The highest BCUT2D eigenvalue weighted by Crippen LogP contribution is 2.41. The molecule has 0 radical (unpaired) electrons. The van der Waals surface area contributed by atoms with Gasteiger partial charge >= 0.3 is 12.1 Å². The number of nitrogens with one attached hydrogen (secondary N) is 1. The zero-order valence-corrected chi connectivity index (χ0v) is 24.2. The van der Waals surface area contributed by atoms with Gasteiger partial charge in [-0.1, -0.05) is 38.0 Å². The Morgan fingerprint density at radius 1 is 1.20 bits per heavy atom. The number of aromatic nitrogens is 2. The van der Waals surface area contributed by atoms with Crippen LogP contribution in [-0.4, -0.2) is 69.4 Å². The summed E-state index contributed by atoms with van der Waals surface area (Å²) >= 11 is 0.795. The molecule has 1 aromatic heterocycles. The lowest BCUT2D eigenvalue weighted by Gasteiger charge is -2.39. The maximum atomic E-state index is 13.0. The first-order valence-corrected chi connectivity index (χ1v) is 15.3. The van der Waals surface area contributed by atoms with E-state index in [4.69, 9.17) is 9.47 Å². The van der Waals surface area contributed by atoms with Crippen LogP contribution in [-0.2, 0) is 25.9 Å². The molecule has 0 amide bonds. The van der Waals surface area contributed by atoms with Crippen molar-refractivity contribution in [3.8, 4) is 0 Å². The van der Waals surface area contributed by atoms with Gasteiger partial charge in [0.1, 0.15) is 12.3 Å². The summed E-state index contributed by atoms with van der Waals surface area (Å²) in [6.45, 7) is 5.14. The molecule has 1 aliphatic rings. The number of carbonyl (C=O) groups excluding carboxylic acids is 1. The van der Waals surface area contributed by atoms with Gasteiger partial charge < -0.3 is 14.4 Å². The van der Waals surface area contributed by atoms with E-state index in [1.54, 1.807) is 6.07 Å². The smallest absolute Gasteiger partial charge is 0.404 e. The van der Waals surface area contributed by atoms with Gasteiger partial charge in [-0.2, -0.15) is 13.2 Å². The monoisotopic (exact) mass is 606 g/mol. The number of rotatable bonds is 14. The first-order valence-electron chi connectivity index (χ1n) is 12.9. The molecule has 16 heteroatoms. The van der Waals surface area contributed by atoms with Gasteiger partial charge in [-0.25, -0.2) is 13.2 Å². The van der Waals surface area contributed by atoms with Crippen LogP contribution in [0.25, 0.3) is 0 Å². The Bertz CT molecular complexity index is 1290. The molecule has 0 bridgehead atoms. The first kappa shape index (κ1) is 31.7. The number of benzene rings is 1. The average Bonchev–Trinajstić information content (AvgIpc) is 3.35. The molecule has 1 atom stereocenters. The minimum Gasteiger partial charge on any atom is -0.458 e. The molecule has 0 saturated heterocycles. The first-order chi connectivity index (χ1) is 19.0. The van der Waals surface area contributed by atoms with Crippen LogP contribution in [0.1, 0.15) is 61.3 Å². The molecular weight excluding hydrogens is 573 g/mol. The maximum absolute atomic E-state index is 13.0. The lowest BCUT2D eigenvalue weighted by molar-refractivity contribution is -0.106. The number of esters is 1. The summed E-state index contributed by atoms with van der Waals surface area (Å²) in [5.74, 6) is -2.77. The molecule has 0 fully saturated rings. The number of unbranched alkanes of at least 4 members (excludes halogenated alkanes) is 2. The summed E-state index contributed by atoms with van der Waals surface area (Å²) in [5, 5.41) is 15.5. The van der Waals surface area contributed by atoms with Crippen molar-refractivity contribution in [1.29, 1.82) is 0 Å². The summed E-state index contributed by atoms with van der Waals surface area (Å²) in [6.07, 6.45) is 0.470. The van der Waals surface area contributed by atoms with Gasteiger partial charge in [-0.05, 0) is 43.4 Å². The Morgan fingerprint density at radius 3 is 2.65 bits per heavy atom. The van der Waals surface area contributed by atoms with Crippen LogP contribution >= 0.6 is 11.3 Å². The number of hydrogen-bond donors (Lipinski definition) is 1. The van der Waals surface area contributed by atoms with Crippen molar-refractivity contribution < 1.29 is 35.9 Å². The Kier molecular flexibility index (Phi) is 11.2. The van der Waals surface area contributed by atoms with Crippen molar-refractivity contribution in [2.75, 3.05) is 42.2 Å². The van der Waals surface area contributed by atoms with E-state index < -0.39 is 27.9 Å². The summed E-state index contributed by atoms with van der Waals surface area (Å²) in [7, 11) is -3.33. The zero-order valence-electron chi connectivity index (χ0n) is 22.5. The second-order valence-electron chi connectivity index (χ2n) is 9.19. The highest BCUT2D eigenvalue weighted by atomic mass is 32.2. The number of sulfonamides is 1. The fraction of sp³-hybridized carbons (Fsp3) is 0.625. The molecule has 1 unspecified atom stereocenters. The number of hydrogen-bond acceptors (Lipinski definition) is 11. The van der Waals surface area contributed by atoms with Crippen LogP contribution in [0.3, 0.4) is 0 Å². The Balaban J connectivity index is 1.96. The number of methoxy groups -OCH3 is 1. The van der Waals surface area contributed by atoms with Crippen molar-refractivity contribution in [2.24, 2.45) is 10.2 Å². The van der Waals surface area contributed by atoms with Gasteiger partial charge in [0.05, 0.1) is 12.3 Å². The number of azo groups is 1. The van der Waals surface area contributed by atoms with Gasteiger partial charge in [0.15, 0.2) is 5.75 Å². The van der Waals surface area contributed by atoms with E-state index in [0.717, 1.165) is 61.2 Å². The van der Waals surface area contributed by atoms with Gasteiger partial charge in [0, 0.05) is 25.4 Å². The van der Waals surface area contributed by atoms with Crippen molar-refractivity contribution in [2.45, 2.75) is 64.6 Å². The van der Waals surface area contributed by atoms with Crippen LogP contribution in [0.5, 0.6) is 0 Å². The van der Waals surface area contributed by atoms with Crippen LogP contribution in [0.15, 0.2) is 22.4 Å². The van der Waals surface area contributed by atoms with E-state index in [0.29, 0.717) is 6.42 Å². The Hall–Kier alpha value is -2.85. The number of anilines is 2. The predicted molar refractivity (Wildman–Crippen MR) is 145 cm³/mol. The van der Waals surface area contributed by atoms with Crippen LogP contribution in [0, 0.1) is 0 Å². The Morgan fingerprint density at radius 2 is 1.98 bits per heavy atom. The second kappa shape index (κ2) is 14.2. The van der Waals surface area contributed by atoms with Crippen LogP contribution < -0.4 is 9.62 Å². The second-order valence-corrected chi connectivity index (χ2v) is 11.9. The molecule has 0 saturated carbocycles. The fourth-order valence-corrected chi connectivity index (χ4v) is 5.88. The zero-order chi connectivity index (χ0) is 29.3. The molecule has 11 nitrogen and oxygen atoms in total. The number of halogens is 3. The number of alkyl halides is 3. The number of ether oxygens (including phenoxy) is 2. The third-order valence-electron chi connectivity index (χ3n) is 6.14. The van der Waals surface area contributed by atoms with E-state index in [1.807, 2.05) is 0 Å². The third-order valence-corrected chi connectivity index (χ3v) is 8.17. The Labute approximate surface area is 235 Å². The molecule has 0 aliphatic carbocycles. The van der Waals surface area contributed by atoms with Crippen molar-refractivity contribution in [3.05, 3.63) is 22.7 Å². The number of nitrogens with zero attached hydrogens (tertiary/aromatic N) is 5. The molecule has 3 rings (SSSR count). The van der Waals surface area contributed by atoms with Gasteiger partial charge in [0.25, 0.3) is 5.13 Å². The van der Waals surface area contributed by atoms with E-state index >= 15 is 0 Å². The average molecular weight is 607 g/mol. The minimum absolute atomic E-state index is 0.0206. The SMILES string of the molecule is CCCCCN1c2cc(NS(=O)(=O)CC(F)(F)F)c(N=Nc3nnc(C(=O)OCCOC)s3)cc2CCC1CC. The summed E-state index contributed by atoms with van der Waals surface area (Å²) in [4.78, 5) is 14.3. The maximum Gasteiger partial charge on any atom is 0.404 e. The lowest BCUT2D eigenvalue weighted by atomic mass is 9.93. The van der Waals surface area contributed by atoms with E-state index in [2.05, 4.69) is 43.9 Å². The predicted octanol–water partition coefficient (Wildman–Crippen LogP) is 5.78. The standard InChI is InChI=1S/C24H33F3N6O5S2/c1-4-6-7-10-33-17(5-2)9-8-16-13-18(19(14-20(16)33)32-40(35,36)15-24(25,26)27)28-30-23-31-29-21(39-23)22(34)38-12-11-37-3/h13-14,17,32H,4-12,15H2,1-3H3. The van der Waals surface area contributed by atoms with Crippen LogP contribution in [0.4, 0.5) is 35.4 Å². The highest BCUT2D eigenvalue weighted by molar-refractivity contribution is 7.92. The van der Waals surface area contributed by atoms with Gasteiger partial charge in [-0.15, -0.1) is 20.4 Å². The summed E-state index contributed by atoms with van der Waals surface area (Å²) in [6, 6.07) is 3.38. The van der Waals surface area contributed by atoms with Gasteiger partial charge in [-0.3, -0.25) is 4.72 Å². The fourth-order valence-electron chi connectivity index (χ4n) is 4.32. The molecule has 1 aliphatic heterocycles. The summed E-state index contributed by atoms with van der Waals surface area (Å²) in [5.41, 5.74) is 1.53. The van der Waals surface area contributed by atoms with Crippen molar-refractivity contribution >= 4 is 49.5 Å². The molecule has 0 spiro atoms. The van der Waals surface area contributed by atoms with Gasteiger partial charge in [0.2, 0.25) is 15.0 Å².